The lowest BCUT2D eigenvalue weighted by Gasteiger charge is -2.34. The Bertz CT molecular complexity index is 1400. The van der Waals surface area contributed by atoms with E-state index in [-0.39, 0.29) is 27.6 Å². The number of benzene rings is 2. The zero-order valence-corrected chi connectivity index (χ0v) is 21.1. The highest BCUT2D eigenvalue weighted by atomic mass is 32.2. The second kappa shape index (κ2) is 8.94. The van der Waals surface area contributed by atoms with E-state index < -0.39 is 10.0 Å². The Balaban J connectivity index is 1.31. The number of aromatic nitrogens is 1. The number of anilines is 1. The average molecular weight is 500 g/mol. The van der Waals surface area contributed by atoms with Crippen LogP contribution in [0.15, 0.2) is 52.2 Å². The maximum absolute atomic E-state index is 13.4. The van der Waals surface area contributed by atoms with Crippen molar-refractivity contribution in [3.05, 3.63) is 57.7 Å². The summed E-state index contributed by atoms with van der Waals surface area (Å²) in [6.45, 7) is 5.32. The van der Waals surface area contributed by atoms with Crippen molar-refractivity contribution in [3.8, 4) is 0 Å². The van der Waals surface area contributed by atoms with E-state index in [2.05, 4.69) is 13.0 Å². The summed E-state index contributed by atoms with van der Waals surface area (Å²) >= 11 is 1.08. The first-order chi connectivity index (χ1) is 16.3. The van der Waals surface area contributed by atoms with Crippen LogP contribution >= 0.6 is 11.3 Å². The number of thiazole rings is 1. The van der Waals surface area contributed by atoms with Gasteiger partial charge in [-0.25, -0.2) is 8.42 Å². The van der Waals surface area contributed by atoms with Crippen LogP contribution in [0.3, 0.4) is 0 Å². The Morgan fingerprint density at radius 2 is 1.85 bits per heavy atom. The van der Waals surface area contributed by atoms with E-state index in [1.165, 1.54) is 9.87 Å². The highest BCUT2D eigenvalue weighted by Crippen LogP contribution is 2.35. The third-order valence-electron chi connectivity index (χ3n) is 6.97. The number of nitrogens with zero attached hydrogens (tertiary/aromatic N) is 3. The van der Waals surface area contributed by atoms with E-state index in [9.17, 15) is 18.0 Å². The van der Waals surface area contributed by atoms with Gasteiger partial charge in [0, 0.05) is 37.3 Å². The van der Waals surface area contributed by atoms with Crippen LogP contribution in [0, 0.1) is 5.92 Å². The molecule has 34 heavy (non-hydrogen) atoms. The third kappa shape index (κ3) is 3.89. The van der Waals surface area contributed by atoms with Crippen molar-refractivity contribution in [2.75, 3.05) is 18.0 Å². The lowest BCUT2D eigenvalue weighted by molar-refractivity contribution is -0.123. The monoisotopic (exact) mass is 499 g/mol. The van der Waals surface area contributed by atoms with Gasteiger partial charge in [0.25, 0.3) is 0 Å². The molecule has 1 aromatic heterocycles. The topological polar surface area (TPSA) is 79.7 Å². The van der Waals surface area contributed by atoms with Crippen molar-refractivity contribution < 1.29 is 13.2 Å². The van der Waals surface area contributed by atoms with Gasteiger partial charge in [-0.1, -0.05) is 36.5 Å². The van der Waals surface area contributed by atoms with Crippen LogP contribution in [0.25, 0.3) is 10.2 Å². The van der Waals surface area contributed by atoms with Crippen LogP contribution in [-0.4, -0.2) is 42.3 Å². The maximum atomic E-state index is 13.4. The number of rotatable bonds is 5. The third-order valence-corrected chi connectivity index (χ3v) is 9.81. The van der Waals surface area contributed by atoms with E-state index >= 15 is 0 Å². The molecule has 1 saturated heterocycles. The SMILES string of the molecule is CCCn1c(=O)sc2cc(S(=O)(=O)N3CCC(C(=O)N4c5ccccc5C[C@H]4C)CC3)ccc21. The fourth-order valence-corrected chi connectivity index (χ4v) is 7.76. The van der Waals surface area contributed by atoms with Gasteiger partial charge in [-0.15, -0.1) is 0 Å². The summed E-state index contributed by atoms with van der Waals surface area (Å²) in [5.41, 5.74) is 2.95. The van der Waals surface area contributed by atoms with Crippen LogP contribution in [0.4, 0.5) is 5.69 Å². The Hall–Kier alpha value is -2.49. The van der Waals surface area contributed by atoms with E-state index in [4.69, 9.17) is 0 Å². The number of aryl methyl sites for hydroxylation is 1. The summed E-state index contributed by atoms with van der Waals surface area (Å²) in [6.07, 6.45) is 2.70. The summed E-state index contributed by atoms with van der Waals surface area (Å²) in [7, 11) is -3.69. The predicted octanol–water partition coefficient (Wildman–Crippen LogP) is 3.85. The van der Waals surface area contributed by atoms with Gasteiger partial charge in [0.2, 0.25) is 15.9 Å². The summed E-state index contributed by atoms with van der Waals surface area (Å²) in [5.74, 6) is -0.0891. The molecule has 0 N–H and O–H groups in total. The van der Waals surface area contributed by atoms with Crippen molar-refractivity contribution in [3.63, 3.8) is 0 Å². The summed E-state index contributed by atoms with van der Waals surface area (Å²) in [4.78, 5) is 27.7. The molecule has 3 aromatic rings. The number of amides is 1. The van der Waals surface area contributed by atoms with Gasteiger partial charge in [-0.3, -0.25) is 14.2 Å². The number of fused-ring (bicyclic) bond motifs is 2. The Labute approximate surface area is 203 Å². The van der Waals surface area contributed by atoms with Gasteiger partial charge in [0.15, 0.2) is 0 Å². The highest BCUT2D eigenvalue weighted by molar-refractivity contribution is 7.89. The molecule has 180 valence electrons. The smallest absolute Gasteiger partial charge is 0.308 e. The predicted molar refractivity (Wildman–Crippen MR) is 135 cm³/mol. The highest BCUT2D eigenvalue weighted by Gasteiger charge is 2.38. The normalized spacial score (nSPS) is 19.6. The minimum absolute atomic E-state index is 0.0663. The fraction of sp³-hybridized carbons (Fsp3) is 0.440. The second-order valence-corrected chi connectivity index (χ2v) is 12.1. The molecular formula is C25H29N3O4S2. The molecule has 0 unspecified atom stereocenters. The summed E-state index contributed by atoms with van der Waals surface area (Å²) in [6, 6.07) is 13.1. The van der Waals surface area contributed by atoms with Gasteiger partial charge in [0.05, 0.1) is 15.1 Å². The standard InChI is InChI=1S/C25H29N3O4S2/c1-3-12-27-22-9-8-20(16-23(22)33-25(27)30)34(31,32)26-13-10-18(11-14-26)24(29)28-17(2)15-19-6-4-5-7-21(19)28/h4-9,16-18H,3,10-15H2,1-2H3/t17-/m1/s1. The molecule has 1 fully saturated rings. The number of carbonyl (C=O) groups is 1. The molecule has 2 aliphatic rings. The quantitative estimate of drug-likeness (QED) is 0.534. The van der Waals surface area contributed by atoms with Crippen LogP contribution in [-0.2, 0) is 27.8 Å². The van der Waals surface area contributed by atoms with Gasteiger partial charge < -0.3 is 4.90 Å². The first-order valence-electron chi connectivity index (χ1n) is 11.9. The number of para-hydroxylation sites is 1. The van der Waals surface area contributed by atoms with Gasteiger partial charge >= 0.3 is 4.87 Å². The molecular weight excluding hydrogens is 470 g/mol. The lowest BCUT2D eigenvalue weighted by atomic mass is 9.96. The van der Waals surface area contributed by atoms with E-state index in [0.29, 0.717) is 37.2 Å². The zero-order chi connectivity index (χ0) is 24.0. The van der Waals surface area contributed by atoms with Crippen molar-refractivity contribution in [2.45, 2.75) is 57.0 Å². The summed E-state index contributed by atoms with van der Waals surface area (Å²) in [5, 5.41) is 0. The number of piperidine rings is 1. The van der Waals surface area contributed by atoms with Gasteiger partial charge in [-0.05, 0) is 62.4 Å². The first-order valence-corrected chi connectivity index (χ1v) is 14.1. The first kappa shape index (κ1) is 23.3. The van der Waals surface area contributed by atoms with Crippen LogP contribution in [0.1, 0.15) is 38.7 Å². The number of sulfonamides is 1. The Morgan fingerprint density at radius 1 is 1.12 bits per heavy atom. The fourth-order valence-electron chi connectivity index (χ4n) is 5.23. The number of hydrogen-bond acceptors (Lipinski definition) is 5. The molecule has 0 radical (unpaired) electrons. The van der Waals surface area contributed by atoms with E-state index in [1.54, 1.807) is 22.8 Å². The Kier molecular flexibility index (Phi) is 6.12. The molecule has 0 spiro atoms. The molecule has 5 rings (SSSR count). The number of hydrogen-bond donors (Lipinski definition) is 0. The molecule has 3 heterocycles. The lowest BCUT2D eigenvalue weighted by Crippen LogP contribution is -2.46. The maximum Gasteiger partial charge on any atom is 0.308 e. The molecule has 2 aromatic carbocycles. The van der Waals surface area contributed by atoms with Gasteiger partial charge in [0.1, 0.15) is 0 Å². The van der Waals surface area contributed by atoms with Crippen molar-refractivity contribution >= 4 is 43.2 Å². The van der Waals surface area contributed by atoms with E-state index in [1.807, 2.05) is 30.0 Å². The summed E-state index contributed by atoms with van der Waals surface area (Å²) < 4.78 is 30.6. The largest absolute Gasteiger partial charge is 0.309 e. The van der Waals surface area contributed by atoms with Crippen molar-refractivity contribution in [2.24, 2.45) is 5.92 Å². The minimum Gasteiger partial charge on any atom is -0.309 e. The molecule has 0 bridgehead atoms. The Morgan fingerprint density at radius 3 is 2.59 bits per heavy atom. The molecule has 0 aliphatic carbocycles. The van der Waals surface area contributed by atoms with Crippen molar-refractivity contribution in [1.29, 1.82) is 0 Å². The van der Waals surface area contributed by atoms with Gasteiger partial charge in [-0.2, -0.15) is 4.31 Å². The minimum atomic E-state index is -3.69. The molecule has 9 heteroatoms. The molecule has 0 saturated carbocycles. The van der Waals surface area contributed by atoms with Crippen LogP contribution in [0.5, 0.6) is 0 Å². The average Bonchev–Trinajstić information content (AvgIpc) is 3.33. The molecule has 7 nitrogen and oxygen atoms in total. The van der Waals surface area contributed by atoms with Crippen molar-refractivity contribution in [1.82, 2.24) is 8.87 Å². The molecule has 1 atom stereocenters. The van der Waals surface area contributed by atoms with E-state index in [0.717, 1.165) is 35.4 Å². The number of carbonyl (C=O) groups excluding carboxylic acids is 1. The zero-order valence-electron chi connectivity index (χ0n) is 19.4. The van der Waals surface area contributed by atoms with Crippen LogP contribution in [0.2, 0.25) is 0 Å². The molecule has 2 aliphatic heterocycles. The van der Waals surface area contributed by atoms with Crippen LogP contribution < -0.4 is 9.77 Å². The second-order valence-electron chi connectivity index (χ2n) is 9.22. The molecule has 1 amide bonds.